The van der Waals surface area contributed by atoms with E-state index in [1.165, 1.54) is 12.1 Å². The summed E-state index contributed by atoms with van der Waals surface area (Å²) in [6, 6.07) is 13.7. The summed E-state index contributed by atoms with van der Waals surface area (Å²) < 4.78 is 28.3. The number of nitrogens with one attached hydrogen (secondary N) is 2. The summed E-state index contributed by atoms with van der Waals surface area (Å²) in [7, 11) is -3.76. The predicted octanol–water partition coefficient (Wildman–Crippen LogP) is 4.58. The standard InChI is InChI=1S/C18H16BrN3O3S2/c1-11-3-9-15(10-4-11)27(24,25)22-18-20-12(2)16(26-18)17(23)21-14-7-5-13(19)6-8-14/h3-10H,1-2H3,(H,20,22)(H,21,23). The Kier molecular flexibility index (Phi) is 5.64. The highest BCUT2D eigenvalue weighted by Gasteiger charge is 2.20. The number of hydrogen-bond acceptors (Lipinski definition) is 5. The van der Waals surface area contributed by atoms with E-state index < -0.39 is 10.0 Å². The zero-order valence-corrected chi connectivity index (χ0v) is 17.7. The number of benzene rings is 2. The molecule has 2 N–H and O–H groups in total. The molecule has 1 aromatic heterocycles. The van der Waals surface area contributed by atoms with Gasteiger partial charge in [-0.05, 0) is 50.2 Å². The lowest BCUT2D eigenvalue weighted by Gasteiger charge is -2.05. The summed E-state index contributed by atoms with van der Waals surface area (Å²) in [5.41, 5.74) is 2.06. The van der Waals surface area contributed by atoms with Crippen molar-refractivity contribution in [1.29, 1.82) is 0 Å². The van der Waals surface area contributed by atoms with Gasteiger partial charge < -0.3 is 5.32 Å². The predicted molar refractivity (Wildman–Crippen MR) is 111 cm³/mol. The van der Waals surface area contributed by atoms with E-state index in [2.05, 4.69) is 31.0 Å². The first-order valence-electron chi connectivity index (χ1n) is 7.88. The van der Waals surface area contributed by atoms with Crippen LogP contribution in [0.1, 0.15) is 20.9 Å². The van der Waals surface area contributed by atoms with Gasteiger partial charge >= 0.3 is 0 Å². The van der Waals surface area contributed by atoms with Crippen LogP contribution in [0.15, 0.2) is 57.9 Å². The summed E-state index contributed by atoms with van der Waals surface area (Å²) in [5, 5.41) is 2.92. The number of anilines is 2. The first kappa shape index (κ1) is 19.5. The molecule has 1 amide bonds. The van der Waals surface area contributed by atoms with Crippen molar-refractivity contribution >= 4 is 54.0 Å². The fourth-order valence-corrected chi connectivity index (χ4v) is 4.62. The summed E-state index contributed by atoms with van der Waals surface area (Å²) in [5.74, 6) is -0.340. The van der Waals surface area contributed by atoms with Gasteiger partial charge in [-0.25, -0.2) is 13.4 Å². The third-order valence-electron chi connectivity index (χ3n) is 3.66. The summed E-state index contributed by atoms with van der Waals surface area (Å²) in [6.45, 7) is 3.54. The molecule has 0 saturated carbocycles. The van der Waals surface area contributed by atoms with Gasteiger partial charge in [0.15, 0.2) is 5.13 Å². The topological polar surface area (TPSA) is 88.2 Å². The number of sulfonamides is 1. The van der Waals surface area contributed by atoms with Gasteiger partial charge in [0.05, 0.1) is 10.6 Å². The van der Waals surface area contributed by atoms with Crippen LogP contribution in [0.4, 0.5) is 10.8 Å². The molecular formula is C18H16BrN3O3S2. The molecule has 6 nitrogen and oxygen atoms in total. The van der Waals surface area contributed by atoms with Crippen LogP contribution in [0.3, 0.4) is 0 Å². The number of aromatic nitrogens is 1. The van der Waals surface area contributed by atoms with Crippen molar-refractivity contribution in [3.63, 3.8) is 0 Å². The summed E-state index contributed by atoms with van der Waals surface area (Å²) in [6.07, 6.45) is 0. The molecule has 140 valence electrons. The van der Waals surface area contributed by atoms with Crippen LogP contribution >= 0.6 is 27.3 Å². The van der Waals surface area contributed by atoms with E-state index in [4.69, 9.17) is 0 Å². The van der Waals surface area contributed by atoms with E-state index >= 15 is 0 Å². The molecule has 9 heteroatoms. The molecule has 0 saturated heterocycles. The highest BCUT2D eigenvalue weighted by Crippen LogP contribution is 2.26. The van der Waals surface area contributed by atoms with E-state index in [1.807, 2.05) is 19.1 Å². The molecular weight excluding hydrogens is 450 g/mol. The van der Waals surface area contributed by atoms with Crippen LogP contribution in [0, 0.1) is 13.8 Å². The monoisotopic (exact) mass is 465 g/mol. The third kappa shape index (κ3) is 4.74. The maximum Gasteiger partial charge on any atom is 0.267 e. The number of carbonyl (C=O) groups excluding carboxylic acids is 1. The Bertz CT molecular complexity index is 1080. The number of hydrogen-bond donors (Lipinski definition) is 2. The molecule has 0 fully saturated rings. The minimum absolute atomic E-state index is 0.141. The van der Waals surface area contributed by atoms with Crippen LogP contribution in [0.25, 0.3) is 0 Å². The van der Waals surface area contributed by atoms with Gasteiger partial charge in [-0.3, -0.25) is 9.52 Å². The van der Waals surface area contributed by atoms with Gasteiger partial charge in [0, 0.05) is 10.2 Å². The number of amides is 1. The molecule has 1 heterocycles. The average Bonchev–Trinajstić information content (AvgIpc) is 2.97. The van der Waals surface area contributed by atoms with Gasteiger partial charge in [-0.2, -0.15) is 0 Å². The Morgan fingerprint density at radius 1 is 1.04 bits per heavy atom. The SMILES string of the molecule is Cc1ccc(S(=O)(=O)Nc2nc(C)c(C(=O)Nc3ccc(Br)cc3)s2)cc1. The molecule has 0 radical (unpaired) electrons. The Morgan fingerprint density at radius 3 is 2.30 bits per heavy atom. The lowest BCUT2D eigenvalue weighted by atomic mass is 10.2. The Labute approximate surface area is 169 Å². The highest BCUT2D eigenvalue weighted by molar-refractivity contribution is 9.10. The molecule has 2 aromatic carbocycles. The largest absolute Gasteiger partial charge is 0.321 e. The maximum atomic E-state index is 12.5. The van der Waals surface area contributed by atoms with Gasteiger partial charge in [0.1, 0.15) is 4.88 Å². The second-order valence-electron chi connectivity index (χ2n) is 5.81. The van der Waals surface area contributed by atoms with Gasteiger partial charge in [-0.1, -0.05) is 45.0 Å². The number of carbonyl (C=O) groups is 1. The molecule has 3 aromatic rings. The van der Waals surface area contributed by atoms with E-state index in [1.54, 1.807) is 31.2 Å². The molecule has 0 unspecified atom stereocenters. The van der Waals surface area contributed by atoms with Crippen LogP contribution in [-0.2, 0) is 10.0 Å². The zero-order valence-electron chi connectivity index (χ0n) is 14.5. The van der Waals surface area contributed by atoms with Crippen molar-refractivity contribution in [3.05, 3.63) is 69.1 Å². The third-order valence-corrected chi connectivity index (χ3v) is 6.74. The van der Waals surface area contributed by atoms with E-state index in [0.29, 0.717) is 16.3 Å². The fourth-order valence-electron chi connectivity index (χ4n) is 2.26. The van der Waals surface area contributed by atoms with Crippen LogP contribution in [-0.4, -0.2) is 19.3 Å². The molecule has 0 aliphatic rings. The lowest BCUT2D eigenvalue weighted by molar-refractivity contribution is 0.103. The Balaban J connectivity index is 1.78. The second kappa shape index (κ2) is 7.79. The van der Waals surface area contributed by atoms with Gasteiger partial charge in [0.2, 0.25) is 0 Å². The van der Waals surface area contributed by atoms with Crippen LogP contribution in [0.5, 0.6) is 0 Å². The van der Waals surface area contributed by atoms with Crippen LogP contribution < -0.4 is 10.0 Å². The van der Waals surface area contributed by atoms with E-state index in [-0.39, 0.29) is 15.9 Å². The molecule has 27 heavy (non-hydrogen) atoms. The highest BCUT2D eigenvalue weighted by atomic mass is 79.9. The van der Waals surface area contributed by atoms with Crippen molar-refractivity contribution in [1.82, 2.24) is 4.98 Å². The molecule has 0 aliphatic carbocycles. The molecule has 0 atom stereocenters. The number of halogens is 1. The van der Waals surface area contributed by atoms with Crippen molar-refractivity contribution in [2.75, 3.05) is 10.0 Å². The Morgan fingerprint density at radius 2 is 1.67 bits per heavy atom. The van der Waals surface area contributed by atoms with Gasteiger partial charge in [-0.15, -0.1) is 0 Å². The zero-order chi connectivity index (χ0) is 19.6. The summed E-state index contributed by atoms with van der Waals surface area (Å²) >= 11 is 4.33. The van der Waals surface area contributed by atoms with Gasteiger partial charge in [0.25, 0.3) is 15.9 Å². The van der Waals surface area contributed by atoms with E-state index in [9.17, 15) is 13.2 Å². The normalized spacial score (nSPS) is 11.2. The smallest absolute Gasteiger partial charge is 0.267 e. The minimum atomic E-state index is -3.76. The number of rotatable bonds is 5. The van der Waals surface area contributed by atoms with Crippen molar-refractivity contribution < 1.29 is 13.2 Å². The quantitative estimate of drug-likeness (QED) is 0.577. The number of aryl methyl sites for hydroxylation is 2. The number of thiazole rings is 1. The summed E-state index contributed by atoms with van der Waals surface area (Å²) in [4.78, 5) is 17.1. The maximum absolute atomic E-state index is 12.5. The number of nitrogens with zero attached hydrogens (tertiary/aromatic N) is 1. The Hall–Kier alpha value is -2.23. The van der Waals surface area contributed by atoms with E-state index in [0.717, 1.165) is 21.4 Å². The average molecular weight is 466 g/mol. The molecule has 3 rings (SSSR count). The van der Waals surface area contributed by atoms with Crippen LogP contribution in [0.2, 0.25) is 0 Å². The second-order valence-corrected chi connectivity index (χ2v) is 9.41. The molecule has 0 spiro atoms. The first-order valence-corrected chi connectivity index (χ1v) is 11.0. The van der Waals surface area contributed by atoms with Crippen molar-refractivity contribution in [2.24, 2.45) is 0 Å². The van der Waals surface area contributed by atoms with Crippen molar-refractivity contribution in [3.8, 4) is 0 Å². The molecule has 0 bridgehead atoms. The first-order chi connectivity index (χ1) is 12.7. The minimum Gasteiger partial charge on any atom is -0.321 e. The fraction of sp³-hybridized carbons (Fsp3) is 0.111. The van der Waals surface area contributed by atoms with Crippen molar-refractivity contribution in [2.45, 2.75) is 18.7 Å². The lowest BCUT2D eigenvalue weighted by Crippen LogP contribution is -2.12. The molecule has 0 aliphatic heterocycles.